The Morgan fingerprint density at radius 1 is 1.00 bits per heavy atom. The third kappa shape index (κ3) is 16.7. The molecule has 0 radical (unpaired) electrons. The second kappa shape index (κ2) is 17.7. The van der Waals surface area contributed by atoms with E-state index in [-0.39, 0.29) is 6.42 Å². The molecule has 0 heterocycles. The Hall–Kier alpha value is -1.65. The molecule has 24 heavy (non-hydrogen) atoms. The summed E-state index contributed by atoms with van der Waals surface area (Å²) >= 11 is 0. The number of carbonyl (C=O) groups is 1. The smallest absolute Gasteiger partial charge is 0.303 e. The summed E-state index contributed by atoms with van der Waals surface area (Å²) in [6, 6.07) is 0. The molecule has 0 amide bonds. The van der Waals surface area contributed by atoms with Crippen LogP contribution >= 0.6 is 0 Å². The van der Waals surface area contributed by atoms with Gasteiger partial charge in [0, 0.05) is 6.42 Å². The van der Waals surface area contributed by atoms with Crippen LogP contribution in [-0.2, 0) is 9.68 Å². The van der Waals surface area contributed by atoms with E-state index in [1.165, 1.54) is 25.7 Å². The topological polar surface area (TPSA) is 66.8 Å². The van der Waals surface area contributed by atoms with Crippen molar-refractivity contribution in [3.8, 4) is 0 Å². The van der Waals surface area contributed by atoms with Crippen molar-refractivity contribution >= 4 is 5.97 Å². The maximum atomic E-state index is 10.4. The van der Waals surface area contributed by atoms with Gasteiger partial charge in [0.05, 0.1) is 0 Å². The minimum atomic E-state index is -0.832. The molecule has 136 valence electrons. The van der Waals surface area contributed by atoms with Gasteiger partial charge in [0.15, 0.2) is 0 Å². The van der Waals surface area contributed by atoms with E-state index in [2.05, 4.69) is 30.0 Å². The molecule has 0 unspecified atom stereocenters. The van der Waals surface area contributed by atoms with Gasteiger partial charge in [0.1, 0.15) is 6.10 Å². The molecule has 0 aromatic heterocycles. The van der Waals surface area contributed by atoms with Gasteiger partial charge in [-0.05, 0) is 38.5 Å². The van der Waals surface area contributed by atoms with Crippen LogP contribution in [0.25, 0.3) is 0 Å². The van der Waals surface area contributed by atoms with Gasteiger partial charge in [0.2, 0.25) is 0 Å². The molecule has 0 aromatic carbocycles. The van der Waals surface area contributed by atoms with Crippen molar-refractivity contribution in [3.63, 3.8) is 0 Å². The highest BCUT2D eigenvalue weighted by atomic mass is 17.1. The van der Waals surface area contributed by atoms with E-state index in [0.29, 0.717) is 12.8 Å². The number of allylic oxidation sites excluding steroid dienone is 7. The molecule has 0 spiro atoms. The lowest BCUT2D eigenvalue weighted by atomic mass is 10.1. The molecule has 1 atom stereocenters. The second-order valence-electron chi connectivity index (χ2n) is 5.65. The number of aliphatic carboxylic acids is 1. The van der Waals surface area contributed by atoms with Crippen LogP contribution < -0.4 is 0 Å². The highest BCUT2D eigenvalue weighted by molar-refractivity contribution is 5.66. The monoisotopic (exact) mass is 336 g/mol. The van der Waals surface area contributed by atoms with E-state index in [9.17, 15) is 4.79 Å². The number of carboxylic acid groups (broad SMARTS) is 1. The maximum Gasteiger partial charge on any atom is 0.303 e. The summed E-state index contributed by atoms with van der Waals surface area (Å²) in [7, 11) is 0. The third-order valence-electron chi connectivity index (χ3n) is 3.43. The molecule has 0 aromatic rings. The molecule has 0 saturated heterocycles. The third-order valence-corrected chi connectivity index (χ3v) is 3.43. The Morgan fingerprint density at radius 2 is 1.71 bits per heavy atom. The van der Waals surface area contributed by atoms with Crippen molar-refractivity contribution in [2.45, 2.75) is 70.8 Å². The van der Waals surface area contributed by atoms with Gasteiger partial charge in [-0.3, -0.25) is 10.1 Å². The van der Waals surface area contributed by atoms with Gasteiger partial charge in [0.25, 0.3) is 0 Å². The molecule has 0 aliphatic rings. The Kier molecular flexibility index (Phi) is 16.5. The first-order valence-corrected chi connectivity index (χ1v) is 8.86. The lowest BCUT2D eigenvalue weighted by Gasteiger charge is -2.06. The molecule has 0 bridgehead atoms. The molecular weight excluding hydrogens is 304 g/mol. The van der Waals surface area contributed by atoms with Crippen LogP contribution in [0.5, 0.6) is 0 Å². The molecule has 0 aliphatic carbocycles. The van der Waals surface area contributed by atoms with Crippen molar-refractivity contribution in [2.24, 2.45) is 0 Å². The summed E-state index contributed by atoms with van der Waals surface area (Å²) in [6.07, 6.45) is 23.6. The van der Waals surface area contributed by atoms with Gasteiger partial charge in [-0.25, -0.2) is 4.89 Å². The number of hydrogen-bond donors (Lipinski definition) is 2. The van der Waals surface area contributed by atoms with Crippen molar-refractivity contribution < 1.29 is 20.0 Å². The highest BCUT2D eigenvalue weighted by Crippen LogP contribution is 2.06. The Bertz CT molecular complexity index is 408. The van der Waals surface area contributed by atoms with Crippen LogP contribution in [0.15, 0.2) is 48.6 Å². The van der Waals surface area contributed by atoms with Crippen LogP contribution in [-0.4, -0.2) is 22.4 Å². The Morgan fingerprint density at radius 3 is 2.33 bits per heavy atom. The summed E-state index contributed by atoms with van der Waals surface area (Å²) in [5.74, 6) is -0.832. The van der Waals surface area contributed by atoms with E-state index in [4.69, 9.17) is 10.4 Å². The molecule has 0 rings (SSSR count). The number of carboxylic acids is 1. The van der Waals surface area contributed by atoms with E-state index in [0.717, 1.165) is 12.8 Å². The van der Waals surface area contributed by atoms with E-state index in [1.54, 1.807) is 6.08 Å². The number of rotatable bonds is 15. The second-order valence-corrected chi connectivity index (χ2v) is 5.65. The van der Waals surface area contributed by atoms with Gasteiger partial charge in [-0.15, -0.1) is 0 Å². The number of unbranched alkanes of at least 4 members (excludes halogenated alkanes) is 3. The fraction of sp³-hybridized carbons (Fsp3) is 0.550. The van der Waals surface area contributed by atoms with Crippen molar-refractivity contribution in [3.05, 3.63) is 48.6 Å². The summed E-state index contributed by atoms with van der Waals surface area (Å²) in [5.41, 5.74) is 0. The zero-order valence-corrected chi connectivity index (χ0v) is 14.8. The summed E-state index contributed by atoms with van der Waals surface area (Å²) in [6.45, 7) is 2.21. The van der Waals surface area contributed by atoms with E-state index < -0.39 is 12.1 Å². The van der Waals surface area contributed by atoms with Crippen molar-refractivity contribution in [1.82, 2.24) is 0 Å². The van der Waals surface area contributed by atoms with E-state index in [1.807, 2.05) is 24.3 Å². The van der Waals surface area contributed by atoms with Gasteiger partial charge in [-0.1, -0.05) is 68.4 Å². The fourth-order valence-electron chi connectivity index (χ4n) is 2.07. The number of hydrogen-bond acceptors (Lipinski definition) is 3. The molecule has 2 N–H and O–H groups in total. The largest absolute Gasteiger partial charge is 0.481 e. The quantitative estimate of drug-likeness (QED) is 0.133. The molecular formula is C20H32O4. The Labute approximate surface area is 146 Å². The zero-order chi connectivity index (χ0) is 17.9. The summed E-state index contributed by atoms with van der Waals surface area (Å²) < 4.78 is 0. The van der Waals surface area contributed by atoms with Crippen LogP contribution in [0.4, 0.5) is 0 Å². The lowest BCUT2D eigenvalue weighted by Crippen LogP contribution is -2.08. The predicted molar refractivity (Wildman–Crippen MR) is 98.9 cm³/mol. The fourth-order valence-corrected chi connectivity index (χ4v) is 2.07. The Balaban J connectivity index is 3.73. The van der Waals surface area contributed by atoms with E-state index >= 15 is 0 Å². The first-order chi connectivity index (χ1) is 11.7. The van der Waals surface area contributed by atoms with Crippen LogP contribution in [0.2, 0.25) is 0 Å². The first-order valence-electron chi connectivity index (χ1n) is 8.86. The summed E-state index contributed by atoms with van der Waals surface area (Å²) in [4.78, 5) is 14.7. The molecule has 0 saturated carbocycles. The van der Waals surface area contributed by atoms with Crippen LogP contribution in [0.1, 0.15) is 64.7 Å². The van der Waals surface area contributed by atoms with Gasteiger partial charge in [-0.2, -0.15) is 0 Å². The minimum absolute atomic E-state index is 0.0887. The molecule has 4 heteroatoms. The van der Waals surface area contributed by atoms with Crippen molar-refractivity contribution in [2.75, 3.05) is 0 Å². The average molecular weight is 336 g/mol. The standard InChI is InChI=1S/C20H32O4/c1-2-3-4-5-6-7-8-9-10-11-12-13-14-16-19(24-23)17-15-18-20(21)22/h6-7,9-12,14,16,19,23H,2-5,8,13,15,17-18H2,1H3,(H,21,22)/b7-6-,10-9-,12-11-,16-14+/t19-/m1/s1. The maximum absolute atomic E-state index is 10.4. The van der Waals surface area contributed by atoms with Crippen LogP contribution in [0.3, 0.4) is 0 Å². The molecule has 0 fully saturated rings. The average Bonchev–Trinajstić information content (AvgIpc) is 2.57. The van der Waals surface area contributed by atoms with Gasteiger partial charge >= 0.3 is 5.97 Å². The lowest BCUT2D eigenvalue weighted by molar-refractivity contribution is -0.267. The van der Waals surface area contributed by atoms with Gasteiger partial charge < -0.3 is 5.11 Å². The predicted octanol–water partition coefficient (Wildman–Crippen LogP) is 5.68. The van der Waals surface area contributed by atoms with Crippen LogP contribution in [0, 0.1) is 0 Å². The van der Waals surface area contributed by atoms with Crippen molar-refractivity contribution in [1.29, 1.82) is 0 Å². The SMILES string of the molecule is CCCCC/C=C\C/C=C\C=C/C/C=C/[C@H](CCCC(=O)O)OO. The normalized spacial score (nSPS) is 13.8. The summed E-state index contributed by atoms with van der Waals surface area (Å²) in [5, 5.41) is 17.3. The molecule has 4 nitrogen and oxygen atoms in total. The molecule has 0 aliphatic heterocycles. The first kappa shape index (κ1) is 22.4. The highest BCUT2D eigenvalue weighted by Gasteiger charge is 2.05. The zero-order valence-electron chi connectivity index (χ0n) is 14.8. The minimum Gasteiger partial charge on any atom is -0.481 e.